The lowest BCUT2D eigenvalue weighted by atomic mass is 9.95. The number of rotatable bonds is 5. The minimum Gasteiger partial charge on any atom is -0.465 e. The van der Waals surface area contributed by atoms with Gasteiger partial charge in [-0.1, -0.05) is 18.2 Å². The average molecular weight is 431 g/mol. The molecular formula is C20H24F3NO4S. The second-order valence-corrected chi connectivity index (χ2v) is 9.42. The Kier molecular flexibility index (Phi) is 6.68. The molecule has 0 spiro atoms. The van der Waals surface area contributed by atoms with Crippen molar-refractivity contribution in [1.29, 1.82) is 0 Å². The maximum Gasteiger partial charge on any atom is 0.416 e. The second kappa shape index (κ2) is 8.87. The van der Waals surface area contributed by atoms with Gasteiger partial charge in [0, 0.05) is 13.1 Å². The number of alkyl halides is 3. The normalized spacial score (nSPS) is 21.8. The number of nitrogens with zero attached hydrogens (tertiary/aromatic N) is 1. The maximum absolute atomic E-state index is 12.9. The van der Waals surface area contributed by atoms with Gasteiger partial charge in [0.2, 0.25) is 10.0 Å². The van der Waals surface area contributed by atoms with Crippen molar-refractivity contribution < 1.29 is 31.1 Å². The Hall–Kier alpha value is -1.87. The first-order valence-electron chi connectivity index (χ1n) is 9.67. The van der Waals surface area contributed by atoms with Crippen LogP contribution in [0.2, 0.25) is 0 Å². The molecule has 0 N–H and O–H groups in total. The summed E-state index contributed by atoms with van der Waals surface area (Å²) in [5.41, 5.74) is -1.01. The molecule has 1 saturated heterocycles. The molecule has 0 amide bonds. The molecule has 3 rings (SSSR count). The highest BCUT2D eigenvalue weighted by molar-refractivity contribution is 7.89. The number of hydrogen-bond donors (Lipinski definition) is 0. The first-order chi connectivity index (χ1) is 13.7. The molecule has 29 heavy (non-hydrogen) atoms. The predicted molar refractivity (Wildman–Crippen MR) is 100 cm³/mol. The molecule has 0 bridgehead atoms. The summed E-state index contributed by atoms with van der Waals surface area (Å²) in [4.78, 5) is 11.9. The Morgan fingerprint density at radius 2 is 1.86 bits per heavy atom. The second-order valence-electron chi connectivity index (χ2n) is 7.48. The first-order valence-corrected chi connectivity index (χ1v) is 11.1. The van der Waals surface area contributed by atoms with Crippen LogP contribution >= 0.6 is 0 Å². The van der Waals surface area contributed by atoms with Gasteiger partial charge in [-0.15, -0.1) is 0 Å². The van der Waals surface area contributed by atoms with E-state index in [-0.39, 0.29) is 25.0 Å². The van der Waals surface area contributed by atoms with Crippen molar-refractivity contribution in [3.63, 3.8) is 0 Å². The number of esters is 1. The lowest BCUT2D eigenvalue weighted by Crippen LogP contribution is -2.40. The molecule has 1 unspecified atom stereocenters. The zero-order valence-corrected chi connectivity index (χ0v) is 16.7. The Bertz CT molecular complexity index is 859. The van der Waals surface area contributed by atoms with E-state index in [4.69, 9.17) is 4.74 Å². The number of carbonyl (C=O) groups is 1. The van der Waals surface area contributed by atoms with Gasteiger partial charge in [0.15, 0.2) is 0 Å². The van der Waals surface area contributed by atoms with Gasteiger partial charge in [-0.05, 0) is 56.2 Å². The molecule has 0 aromatic heterocycles. The summed E-state index contributed by atoms with van der Waals surface area (Å²) in [6.45, 7) is 0.515. The summed E-state index contributed by atoms with van der Waals surface area (Å²) in [5.74, 6) is -0.386. The Morgan fingerprint density at radius 3 is 2.48 bits per heavy atom. The summed E-state index contributed by atoms with van der Waals surface area (Å²) in [6, 6.07) is 3.72. The standard InChI is InChI=1S/C20H24F3NO4S/c21-20(22,23)17-7-4-8-18(13-17)29(26,27)24-11-9-16(10-12-24)19(25)28-14-15-5-2-1-3-6-15/h1-2,4,7-8,13,15-16H,3,5-6,9-12,14H2. The summed E-state index contributed by atoms with van der Waals surface area (Å²) in [7, 11) is -4.05. The van der Waals surface area contributed by atoms with Crippen LogP contribution in [0.15, 0.2) is 41.3 Å². The van der Waals surface area contributed by atoms with E-state index < -0.39 is 26.7 Å². The molecule has 1 aromatic rings. The number of piperidine rings is 1. The van der Waals surface area contributed by atoms with E-state index in [0.29, 0.717) is 31.4 Å². The van der Waals surface area contributed by atoms with Gasteiger partial charge >= 0.3 is 12.1 Å². The molecule has 2 aliphatic rings. The fourth-order valence-electron chi connectivity index (χ4n) is 3.64. The summed E-state index contributed by atoms with van der Waals surface area (Å²) >= 11 is 0. The van der Waals surface area contributed by atoms with E-state index in [1.807, 2.05) is 0 Å². The third-order valence-corrected chi connectivity index (χ3v) is 7.32. The smallest absolute Gasteiger partial charge is 0.416 e. The van der Waals surface area contributed by atoms with Crippen LogP contribution in [-0.2, 0) is 25.7 Å². The third-order valence-electron chi connectivity index (χ3n) is 5.43. The first kappa shape index (κ1) is 21.8. The molecule has 5 nitrogen and oxygen atoms in total. The van der Waals surface area contributed by atoms with Crippen LogP contribution in [0.4, 0.5) is 13.2 Å². The molecule has 160 valence electrons. The third kappa shape index (κ3) is 5.39. The molecule has 0 saturated carbocycles. The van der Waals surface area contributed by atoms with Crippen LogP contribution in [0.5, 0.6) is 0 Å². The highest BCUT2D eigenvalue weighted by Gasteiger charge is 2.35. The zero-order valence-electron chi connectivity index (χ0n) is 15.9. The SMILES string of the molecule is O=C(OCC1CC=CCC1)C1CCN(S(=O)(=O)c2cccc(C(F)(F)F)c2)CC1. The van der Waals surface area contributed by atoms with E-state index in [9.17, 15) is 26.4 Å². The quantitative estimate of drug-likeness (QED) is 0.522. The molecular weight excluding hydrogens is 407 g/mol. The summed E-state index contributed by atoms with van der Waals surface area (Å²) in [6.07, 6.45) is 3.02. The van der Waals surface area contributed by atoms with Crippen LogP contribution < -0.4 is 0 Å². The molecule has 9 heteroatoms. The largest absolute Gasteiger partial charge is 0.465 e. The zero-order chi connectivity index (χ0) is 21.1. The number of carbonyl (C=O) groups excluding carboxylic acids is 1. The van der Waals surface area contributed by atoms with E-state index in [0.717, 1.165) is 41.8 Å². The molecule has 1 aliphatic carbocycles. The van der Waals surface area contributed by atoms with E-state index in [1.54, 1.807) is 0 Å². The van der Waals surface area contributed by atoms with Crippen LogP contribution in [0.3, 0.4) is 0 Å². The van der Waals surface area contributed by atoms with Crippen LogP contribution in [0.25, 0.3) is 0 Å². The highest BCUT2D eigenvalue weighted by Crippen LogP contribution is 2.32. The Balaban J connectivity index is 1.57. The van der Waals surface area contributed by atoms with E-state index >= 15 is 0 Å². The number of halogens is 3. The fraction of sp³-hybridized carbons (Fsp3) is 0.550. The molecule has 1 heterocycles. The average Bonchev–Trinajstić information content (AvgIpc) is 2.72. The monoisotopic (exact) mass is 431 g/mol. The summed E-state index contributed by atoms with van der Waals surface area (Å²) in [5, 5.41) is 0. The van der Waals surface area contributed by atoms with Gasteiger partial charge in [-0.25, -0.2) is 8.42 Å². The minimum absolute atomic E-state index is 0.0739. The molecule has 1 fully saturated rings. The molecule has 1 aliphatic heterocycles. The van der Waals surface area contributed by atoms with Crippen molar-refractivity contribution >= 4 is 16.0 Å². The number of allylic oxidation sites excluding steroid dienone is 2. The van der Waals surface area contributed by atoms with Crippen molar-refractivity contribution in [2.24, 2.45) is 11.8 Å². The van der Waals surface area contributed by atoms with Gasteiger partial charge in [-0.2, -0.15) is 17.5 Å². The number of ether oxygens (including phenoxy) is 1. The van der Waals surface area contributed by atoms with Gasteiger partial charge in [0.1, 0.15) is 0 Å². The van der Waals surface area contributed by atoms with Crippen molar-refractivity contribution in [3.8, 4) is 0 Å². The number of hydrogen-bond acceptors (Lipinski definition) is 4. The number of sulfonamides is 1. The van der Waals surface area contributed by atoms with Gasteiger partial charge in [0.05, 0.1) is 23.0 Å². The topological polar surface area (TPSA) is 63.7 Å². The lowest BCUT2D eigenvalue weighted by molar-refractivity contribution is -0.151. The Labute approximate surface area is 168 Å². The van der Waals surface area contributed by atoms with Gasteiger partial charge in [0.25, 0.3) is 0 Å². The molecule has 0 radical (unpaired) electrons. The maximum atomic E-state index is 12.9. The molecule has 1 aromatic carbocycles. The van der Waals surface area contributed by atoms with Crippen molar-refractivity contribution in [2.45, 2.75) is 43.2 Å². The minimum atomic E-state index is -4.61. The van der Waals surface area contributed by atoms with Crippen LogP contribution in [0, 0.1) is 11.8 Å². The van der Waals surface area contributed by atoms with Gasteiger partial charge in [-0.3, -0.25) is 4.79 Å². The lowest BCUT2D eigenvalue weighted by Gasteiger charge is -2.30. The van der Waals surface area contributed by atoms with Crippen molar-refractivity contribution in [2.75, 3.05) is 19.7 Å². The van der Waals surface area contributed by atoms with Crippen LogP contribution in [0.1, 0.15) is 37.7 Å². The number of benzene rings is 1. The summed E-state index contributed by atoms with van der Waals surface area (Å²) < 4.78 is 70.6. The van der Waals surface area contributed by atoms with Gasteiger partial charge < -0.3 is 4.74 Å². The van der Waals surface area contributed by atoms with E-state index in [1.165, 1.54) is 0 Å². The highest BCUT2D eigenvalue weighted by atomic mass is 32.2. The predicted octanol–water partition coefficient (Wildman–Crippen LogP) is 4.01. The van der Waals surface area contributed by atoms with E-state index in [2.05, 4.69) is 12.2 Å². The molecule has 1 atom stereocenters. The Morgan fingerprint density at radius 1 is 1.14 bits per heavy atom. The van der Waals surface area contributed by atoms with Crippen LogP contribution in [-0.4, -0.2) is 38.4 Å². The fourth-order valence-corrected chi connectivity index (χ4v) is 5.16. The van der Waals surface area contributed by atoms with Crippen molar-refractivity contribution in [3.05, 3.63) is 42.0 Å². The van der Waals surface area contributed by atoms with Crippen molar-refractivity contribution in [1.82, 2.24) is 4.31 Å².